The molecule has 0 aromatic rings. The zero-order valence-corrected chi connectivity index (χ0v) is 24.0. The van der Waals surface area contributed by atoms with Gasteiger partial charge in [-0.2, -0.15) is 16.8 Å². The van der Waals surface area contributed by atoms with Gasteiger partial charge in [0.2, 0.25) is 0 Å². The van der Waals surface area contributed by atoms with E-state index in [-0.39, 0.29) is 39.6 Å². The summed E-state index contributed by atoms with van der Waals surface area (Å²) >= 11 is 0. The summed E-state index contributed by atoms with van der Waals surface area (Å²) in [5, 5.41) is 49.5. The van der Waals surface area contributed by atoms with Gasteiger partial charge >= 0.3 is 20.8 Å². The Bertz CT molecular complexity index is 624. The van der Waals surface area contributed by atoms with Crippen LogP contribution in [0.15, 0.2) is 0 Å². The van der Waals surface area contributed by atoms with Crippen LogP contribution in [0.5, 0.6) is 0 Å². The standard InChI is InChI=1S/C12H26O4S.C6H15NO3.C3H8O3.H2O4S/c1-2-3-4-5-6-7-8-9-10-11-12-16-17(13,14)15;8-4-1-7(2-5-9)3-6-10;4-1-3(6)2-5;1-5(2,3)4/h2-12H2,1H3,(H,13,14,15);8-10H,1-6H2;3-6H,1-2H2;(H2,1,2,3,4). The highest BCUT2D eigenvalue weighted by Crippen LogP contribution is 2.10. The van der Waals surface area contributed by atoms with Crippen LogP contribution in [0, 0.1) is 0 Å². The molecule has 15 nitrogen and oxygen atoms in total. The third-order valence-electron chi connectivity index (χ3n) is 4.40. The fraction of sp³-hybridized carbons (Fsp3) is 1.00. The van der Waals surface area contributed by atoms with Crippen LogP contribution in [0.3, 0.4) is 0 Å². The first-order valence-electron chi connectivity index (χ1n) is 12.5. The number of hydrogen-bond acceptors (Lipinski definition) is 12. The van der Waals surface area contributed by atoms with Gasteiger partial charge in [0, 0.05) is 19.6 Å². The van der Waals surface area contributed by atoms with Gasteiger partial charge in [0.15, 0.2) is 0 Å². The molecule has 0 heterocycles. The average molecular weight is 606 g/mol. The van der Waals surface area contributed by atoms with Crippen molar-refractivity contribution in [2.24, 2.45) is 0 Å². The van der Waals surface area contributed by atoms with Gasteiger partial charge < -0.3 is 30.6 Å². The number of unbranched alkanes of at least 4 members (excludes halogenated alkanes) is 9. The van der Waals surface area contributed by atoms with Crippen molar-refractivity contribution < 1.29 is 65.3 Å². The Balaban J connectivity index is -0.000000231. The molecule has 0 aliphatic heterocycles. The minimum atomic E-state index is -4.67. The predicted molar refractivity (Wildman–Crippen MR) is 141 cm³/mol. The summed E-state index contributed by atoms with van der Waals surface area (Å²) in [5.41, 5.74) is 0. The molecule has 38 heavy (non-hydrogen) atoms. The maximum atomic E-state index is 10.2. The van der Waals surface area contributed by atoms with Crippen molar-refractivity contribution in [1.82, 2.24) is 4.90 Å². The van der Waals surface area contributed by atoms with Crippen molar-refractivity contribution in [2.75, 3.05) is 59.3 Å². The van der Waals surface area contributed by atoms with E-state index in [1.807, 2.05) is 0 Å². The van der Waals surface area contributed by atoms with Crippen LogP contribution in [0.4, 0.5) is 0 Å². The topological polar surface area (TPSA) is 263 Å². The highest BCUT2D eigenvalue weighted by atomic mass is 32.3. The highest BCUT2D eigenvalue weighted by Gasteiger charge is 2.02. The van der Waals surface area contributed by atoms with Crippen LogP contribution in [0.2, 0.25) is 0 Å². The zero-order valence-electron chi connectivity index (χ0n) is 22.3. The lowest BCUT2D eigenvalue weighted by atomic mass is 10.1. The Morgan fingerprint density at radius 3 is 1.18 bits per heavy atom. The highest BCUT2D eigenvalue weighted by molar-refractivity contribution is 7.80. The average Bonchev–Trinajstić information content (AvgIpc) is 2.81. The maximum absolute atomic E-state index is 10.2. The number of hydrogen-bond donors (Lipinski definition) is 9. The van der Waals surface area contributed by atoms with Crippen LogP contribution in [-0.4, -0.2) is 131 Å². The van der Waals surface area contributed by atoms with Crippen molar-refractivity contribution in [3.8, 4) is 0 Å². The second-order valence-electron chi connectivity index (χ2n) is 7.91. The van der Waals surface area contributed by atoms with E-state index >= 15 is 0 Å². The molecule has 0 aliphatic rings. The number of nitrogens with zero attached hydrogens (tertiary/aromatic N) is 1. The Labute approximate surface area is 227 Å². The van der Waals surface area contributed by atoms with Gasteiger partial charge in [-0.15, -0.1) is 0 Å². The summed E-state index contributed by atoms with van der Waals surface area (Å²) in [6, 6.07) is 0. The number of aliphatic hydroxyl groups is 6. The predicted octanol–water partition coefficient (Wildman–Crippen LogP) is -0.329. The molecular formula is C21H51NO14S2. The molecule has 9 N–H and O–H groups in total. The SMILES string of the molecule is CCCCCCCCCCCCOS(=O)(=O)O.O=S(=O)(O)O.OCC(O)CO.OCCN(CCO)CCO. The summed E-state index contributed by atoms with van der Waals surface area (Å²) in [5.74, 6) is 0. The van der Waals surface area contributed by atoms with E-state index in [1.54, 1.807) is 4.90 Å². The maximum Gasteiger partial charge on any atom is 0.397 e. The largest absolute Gasteiger partial charge is 0.397 e. The third-order valence-corrected chi connectivity index (χ3v) is 4.86. The molecule has 0 spiro atoms. The minimum Gasteiger partial charge on any atom is -0.395 e. The third kappa shape index (κ3) is 60.1. The van der Waals surface area contributed by atoms with Crippen molar-refractivity contribution >= 4 is 20.8 Å². The lowest BCUT2D eigenvalue weighted by Crippen LogP contribution is -2.32. The van der Waals surface area contributed by atoms with E-state index < -0.39 is 26.9 Å². The number of rotatable bonds is 20. The minimum absolute atomic E-state index is 0.0694. The lowest BCUT2D eigenvalue weighted by molar-refractivity contribution is 0.0450. The van der Waals surface area contributed by atoms with Gasteiger partial charge in [0.05, 0.1) is 39.6 Å². The smallest absolute Gasteiger partial charge is 0.395 e. The van der Waals surface area contributed by atoms with E-state index in [1.165, 1.54) is 44.9 Å². The Morgan fingerprint density at radius 1 is 0.632 bits per heavy atom. The molecule has 0 fully saturated rings. The molecular weight excluding hydrogens is 554 g/mol. The molecule has 0 radical (unpaired) electrons. The van der Waals surface area contributed by atoms with Crippen LogP contribution in [-0.2, 0) is 25.0 Å². The molecule has 0 bridgehead atoms. The Morgan fingerprint density at radius 2 is 0.947 bits per heavy atom. The van der Waals surface area contributed by atoms with E-state index in [0.717, 1.165) is 12.8 Å². The Hall–Kier alpha value is -0.540. The van der Waals surface area contributed by atoms with Crippen molar-refractivity contribution in [3.05, 3.63) is 0 Å². The molecule has 0 atom stereocenters. The van der Waals surface area contributed by atoms with Gasteiger partial charge in [0.1, 0.15) is 6.10 Å². The summed E-state index contributed by atoms with van der Waals surface area (Å²) in [6.07, 6.45) is 10.9. The van der Waals surface area contributed by atoms with E-state index in [2.05, 4.69) is 11.1 Å². The van der Waals surface area contributed by atoms with Crippen LogP contribution >= 0.6 is 0 Å². The quantitative estimate of drug-likeness (QED) is 0.0635. The first-order chi connectivity index (χ1) is 17.7. The van der Waals surface area contributed by atoms with E-state index in [4.69, 9.17) is 52.7 Å². The van der Waals surface area contributed by atoms with Gasteiger partial charge in [0.25, 0.3) is 0 Å². The molecule has 0 amide bonds. The van der Waals surface area contributed by atoms with Gasteiger partial charge in [-0.25, -0.2) is 4.18 Å². The second-order valence-corrected chi connectivity index (χ2v) is 9.90. The molecule has 0 aromatic heterocycles. The normalized spacial score (nSPS) is 11.3. The van der Waals surface area contributed by atoms with E-state index in [9.17, 15) is 8.42 Å². The zero-order chi connectivity index (χ0) is 30.3. The first kappa shape index (κ1) is 44.5. The molecule has 0 rings (SSSR count). The molecule has 0 aromatic carbocycles. The van der Waals surface area contributed by atoms with Gasteiger partial charge in [-0.3, -0.25) is 18.6 Å². The van der Waals surface area contributed by atoms with E-state index in [0.29, 0.717) is 26.1 Å². The molecule has 0 aliphatic carbocycles. The van der Waals surface area contributed by atoms with Gasteiger partial charge in [-0.05, 0) is 6.42 Å². The van der Waals surface area contributed by atoms with Crippen LogP contribution in [0.1, 0.15) is 71.1 Å². The molecule has 236 valence electrons. The Kier molecular flexibility index (Phi) is 38.2. The van der Waals surface area contributed by atoms with Crippen molar-refractivity contribution in [1.29, 1.82) is 0 Å². The van der Waals surface area contributed by atoms with Crippen molar-refractivity contribution in [3.63, 3.8) is 0 Å². The van der Waals surface area contributed by atoms with Gasteiger partial charge in [-0.1, -0.05) is 64.7 Å². The fourth-order valence-corrected chi connectivity index (χ4v) is 2.90. The number of aliphatic hydroxyl groups excluding tert-OH is 6. The second kappa shape index (κ2) is 32.7. The lowest BCUT2D eigenvalue weighted by Gasteiger charge is -2.17. The summed E-state index contributed by atoms with van der Waals surface area (Å²) in [4.78, 5) is 1.79. The summed E-state index contributed by atoms with van der Waals surface area (Å²) in [7, 11) is -8.90. The fourth-order valence-electron chi connectivity index (χ4n) is 2.57. The van der Waals surface area contributed by atoms with Crippen LogP contribution in [0.25, 0.3) is 0 Å². The first-order valence-corrected chi connectivity index (χ1v) is 15.2. The molecule has 0 saturated carbocycles. The molecule has 0 unspecified atom stereocenters. The molecule has 17 heteroatoms. The monoisotopic (exact) mass is 605 g/mol. The van der Waals surface area contributed by atoms with Crippen LogP contribution < -0.4 is 0 Å². The summed E-state index contributed by atoms with van der Waals surface area (Å²) in [6.45, 7) is 3.33. The molecule has 0 saturated heterocycles. The van der Waals surface area contributed by atoms with Crippen molar-refractivity contribution in [2.45, 2.75) is 77.2 Å². The summed E-state index contributed by atoms with van der Waals surface area (Å²) < 4.78 is 64.6.